The maximum atomic E-state index is 12.1. The van der Waals surface area contributed by atoms with Gasteiger partial charge in [-0.05, 0) is 25.8 Å². The van der Waals surface area contributed by atoms with E-state index in [1.807, 2.05) is 24.9 Å². The van der Waals surface area contributed by atoms with E-state index in [1.165, 1.54) is 0 Å². The standard InChI is InChI=1S/C11H18N4O/c1-8-7-10(13-14(8)2)11(16)15-5-3-9(12)4-6-15/h7,9H,3-6,12H2,1-2H3. The number of nitrogens with zero attached hydrogens (tertiary/aromatic N) is 3. The van der Waals surface area contributed by atoms with Crippen molar-refractivity contribution in [1.29, 1.82) is 0 Å². The minimum Gasteiger partial charge on any atom is -0.337 e. The van der Waals surface area contributed by atoms with Gasteiger partial charge >= 0.3 is 0 Å². The van der Waals surface area contributed by atoms with Gasteiger partial charge in [-0.2, -0.15) is 5.10 Å². The summed E-state index contributed by atoms with van der Waals surface area (Å²) >= 11 is 0. The van der Waals surface area contributed by atoms with Gasteiger partial charge in [0.25, 0.3) is 5.91 Å². The lowest BCUT2D eigenvalue weighted by Gasteiger charge is -2.29. The van der Waals surface area contributed by atoms with Gasteiger partial charge in [0.2, 0.25) is 0 Å². The zero-order chi connectivity index (χ0) is 11.7. The van der Waals surface area contributed by atoms with Crippen LogP contribution in [0.4, 0.5) is 0 Å². The third-order valence-electron chi connectivity index (χ3n) is 3.16. The van der Waals surface area contributed by atoms with Gasteiger partial charge in [0, 0.05) is 31.9 Å². The van der Waals surface area contributed by atoms with Gasteiger partial charge in [0.1, 0.15) is 0 Å². The van der Waals surface area contributed by atoms with Crippen LogP contribution in [0.25, 0.3) is 0 Å². The molecular weight excluding hydrogens is 204 g/mol. The first-order valence-corrected chi connectivity index (χ1v) is 5.63. The number of hydrogen-bond donors (Lipinski definition) is 1. The molecule has 1 aliphatic rings. The number of aromatic nitrogens is 2. The average molecular weight is 222 g/mol. The molecule has 16 heavy (non-hydrogen) atoms. The van der Waals surface area contributed by atoms with Crippen LogP contribution in [-0.4, -0.2) is 39.7 Å². The largest absolute Gasteiger partial charge is 0.337 e. The molecule has 2 rings (SSSR count). The van der Waals surface area contributed by atoms with Crippen molar-refractivity contribution in [3.63, 3.8) is 0 Å². The van der Waals surface area contributed by atoms with E-state index in [-0.39, 0.29) is 11.9 Å². The highest BCUT2D eigenvalue weighted by Crippen LogP contribution is 2.12. The highest BCUT2D eigenvalue weighted by atomic mass is 16.2. The van der Waals surface area contributed by atoms with Crippen LogP contribution in [0.1, 0.15) is 29.0 Å². The van der Waals surface area contributed by atoms with Crippen LogP contribution in [0.2, 0.25) is 0 Å². The molecule has 0 aromatic carbocycles. The second-order valence-electron chi connectivity index (χ2n) is 4.42. The Morgan fingerprint density at radius 2 is 2.12 bits per heavy atom. The Kier molecular flexibility index (Phi) is 2.96. The van der Waals surface area contributed by atoms with E-state index in [0.717, 1.165) is 31.6 Å². The normalized spacial score (nSPS) is 17.8. The van der Waals surface area contributed by atoms with E-state index in [4.69, 9.17) is 5.73 Å². The lowest BCUT2D eigenvalue weighted by atomic mass is 10.1. The first-order valence-electron chi connectivity index (χ1n) is 5.63. The summed E-state index contributed by atoms with van der Waals surface area (Å²) in [7, 11) is 1.85. The fraction of sp³-hybridized carbons (Fsp3) is 0.636. The summed E-state index contributed by atoms with van der Waals surface area (Å²) in [6.07, 6.45) is 1.77. The zero-order valence-corrected chi connectivity index (χ0v) is 9.81. The Morgan fingerprint density at radius 3 is 2.62 bits per heavy atom. The average Bonchev–Trinajstić information content (AvgIpc) is 2.59. The SMILES string of the molecule is Cc1cc(C(=O)N2CCC(N)CC2)nn1C. The Morgan fingerprint density at radius 1 is 1.50 bits per heavy atom. The van der Waals surface area contributed by atoms with E-state index in [9.17, 15) is 4.79 Å². The van der Waals surface area contributed by atoms with Crippen molar-refractivity contribution in [3.05, 3.63) is 17.5 Å². The summed E-state index contributed by atoms with van der Waals surface area (Å²) in [4.78, 5) is 13.9. The Bertz CT molecular complexity index is 371. The maximum Gasteiger partial charge on any atom is 0.274 e. The first kappa shape index (κ1) is 11.1. The fourth-order valence-corrected chi connectivity index (χ4v) is 1.93. The summed E-state index contributed by atoms with van der Waals surface area (Å²) in [6, 6.07) is 2.08. The maximum absolute atomic E-state index is 12.1. The summed E-state index contributed by atoms with van der Waals surface area (Å²) in [6.45, 7) is 3.43. The number of aryl methyl sites for hydroxylation is 2. The monoisotopic (exact) mass is 222 g/mol. The molecule has 0 spiro atoms. The molecule has 0 bridgehead atoms. The molecule has 0 aliphatic carbocycles. The lowest BCUT2D eigenvalue weighted by molar-refractivity contribution is 0.0708. The third-order valence-corrected chi connectivity index (χ3v) is 3.16. The van der Waals surface area contributed by atoms with Crippen molar-refractivity contribution < 1.29 is 4.79 Å². The van der Waals surface area contributed by atoms with Crippen LogP contribution in [-0.2, 0) is 7.05 Å². The molecule has 1 saturated heterocycles. The quantitative estimate of drug-likeness (QED) is 0.743. The topological polar surface area (TPSA) is 64.2 Å². The van der Waals surface area contributed by atoms with E-state index >= 15 is 0 Å². The molecule has 1 aromatic heterocycles. The van der Waals surface area contributed by atoms with Crippen LogP contribution in [0.5, 0.6) is 0 Å². The lowest BCUT2D eigenvalue weighted by Crippen LogP contribution is -2.43. The Labute approximate surface area is 95.2 Å². The molecule has 2 N–H and O–H groups in total. The summed E-state index contributed by atoms with van der Waals surface area (Å²) in [5.74, 6) is 0.0237. The fourth-order valence-electron chi connectivity index (χ4n) is 1.93. The molecule has 0 unspecified atom stereocenters. The van der Waals surface area contributed by atoms with Gasteiger partial charge in [-0.15, -0.1) is 0 Å². The minimum atomic E-state index is 0.0237. The molecular formula is C11H18N4O. The molecule has 88 valence electrons. The van der Waals surface area contributed by atoms with Crippen LogP contribution in [0, 0.1) is 6.92 Å². The highest BCUT2D eigenvalue weighted by Gasteiger charge is 2.23. The highest BCUT2D eigenvalue weighted by molar-refractivity contribution is 5.92. The predicted octanol–water partition coefficient (Wildman–Crippen LogP) is 0.292. The predicted molar refractivity (Wildman–Crippen MR) is 61.1 cm³/mol. The van der Waals surface area contributed by atoms with Crippen LogP contribution in [0.3, 0.4) is 0 Å². The number of hydrogen-bond acceptors (Lipinski definition) is 3. The number of nitrogens with two attached hydrogens (primary N) is 1. The first-order chi connectivity index (χ1) is 7.58. The van der Waals surface area contributed by atoms with E-state index in [1.54, 1.807) is 4.68 Å². The molecule has 1 aromatic rings. The minimum absolute atomic E-state index is 0.0237. The Hall–Kier alpha value is -1.36. The third kappa shape index (κ3) is 2.09. The van der Waals surface area contributed by atoms with Crippen molar-refractivity contribution in [1.82, 2.24) is 14.7 Å². The van der Waals surface area contributed by atoms with Gasteiger partial charge in [-0.25, -0.2) is 0 Å². The van der Waals surface area contributed by atoms with E-state index in [2.05, 4.69) is 5.10 Å². The number of amides is 1. The zero-order valence-electron chi connectivity index (χ0n) is 9.81. The molecule has 5 nitrogen and oxygen atoms in total. The van der Waals surface area contributed by atoms with Gasteiger partial charge in [0.05, 0.1) is 0 Å². The van der Waals surface area contributed by atoms with Crippen molar-refractivity contribution in [2.45, 2.75) is 25.8 Å². The van der Waals surface area contributed by atoms with Crippen LogP contribution < -0.4 is 5.73 Å². The van der Waals surface area contributed by atoms with Gasteiger partial charge in [-0.1, -0.05) is 0 Å². The van der Waals surface area contributed by atoms with Gasteiger partial charge in [0.15, 0.2) is 5.69 Å². The molecule has 1 amide bonds. The van der Waals surface area contributed by atoms with Crippen molar-refractivity contribution in [2.75, 3.05) is 13.1 Å². The second kappa shape index (κ2) is 4.25. The summed E-state index contributed by atoms with van der Waals surface area (Å²) in [5, 5.41) is 4.20. The number of carbonyl (C=O) groups excluding carboxylic acids is 1. The summed E-state index contributed by atoms with van der Waals surface area (Å²) in [5.41, 5.74) is 7.34. The van der Waals surface area contributed by atoms with Gasteiger partial charge in [-0.3, -0.25) is 9.48 Å². The Balaban J connectivity index is 2.07. The van der Waals surface area contributed by atoms with Crippen molar-refractivity contribution in [2.24, 2.45) is 12.8 Å². The van der Waals surface area contributed by atoms with Crippen molar-refractivity contribution >= 4 is 5.91 Å². The van der Waals surface area contributed by atoms with Crippen LogP contribution in [0.15, 0.2) is 6.07 Å². The number of likely N-dealkylation sites (tertiary alicyclic amines) is 1. The van der Waals surface area contributed by atoms with E-state index < -0.39 is 0 Å². The molecule has 0 saturated carbocycles. The van der Waals surface area contributed by atoms with Crippen molar-refractivity contribution in [3.8, 4) is 0 Å². The smallest absolute Gasteiger partial charge is 0.274 e. The summed E-state index contributed by atoms with van der Waals surface area (Å²) < 4.78 is 1.73. The molecule has 0 atom stereocenters. The molecule has 2 heterocycles. The number of piperidine rings is 1. The molecule has 5 heteroatoms. The molecule has 1 aliphatic heterocycles. The second-order valence-corrected chi connectivity index (χ2v) is 4.42. The number of rotatable bonds is 1. The molecule has 0 radical (unpaired) electrons. The van der Waals surface area contributed by atoms with E-state index in [0.29, 0.717) is 5.69 Å². The van der Waals surface area contributed by atoms with Gasteiger partial charge < -0.3 is 10.6 Å². The van der Waals surface area contributed by atoms with Crippen LogP contribution >= 0.6 is 0 Å². The number of carbonyl (C=O) groups is 1. The molecule has 1 fully saturated rings.